The zero-order valence-electron chi connectivity index (χ0n) is 10.8. The van der Waals surface area contributed by atoms with Gasteiger partial charge < -0.3 is 10.2 Å². The topological polar surface area (TPSA) is 32.3 Å². The van der Waals surface area contributed by atoms with Crippen molar-refractivity contribution in [3.63, 3.8) is 0 Å². The second kappa shape index (κ2) is 4.27. The van der Waals surface area contributed by atoms with Crippen molar-refractivity contribution >= 4 is 6.03 Å². The van der Waals surface area contributed by atoms with Crippen LogP contribution in [0.25, 0.3) is 0 Å². The summed E-state index contributed by atoms with van der Waals surface area (Å²) in [4.78, 5) is 14.1. The van der Waals surface area contributed by atoms with Gasteiger partial charge in [0.2, 0.25) is 0 Å². The van der Waals surface area contributed by atoms with E-state index in [1.807, 2.05) is 4.90 Å². The third-order valence-electron chi connectivity index (χ3n) is 3.97. The summed E-state index contributed by atoms with van der Waals surface area (Å²) in [6.45, 7) is 8.38. The van der Waals surface area contributed by atoms with Gasteiger partial charge in [0.25, 0.3) is 0 Å². The van der Waals surface area contributed by atoms with E-state index in [9.17, 15) is 4.79 Å². The number of amides is 2. The standard InChI is InChI=1S/C13H24N2O/c1-10-5-4-8-15(9-10)12(16)14-13(2,3)11-6-7-11/h10-11H,4-9H2,1-3H3,(H,14,16). The molecule has 1 aliphatic heterocycles. The molecule has 1 heterocycles. The first-order valence-corrected chi connectivity index (χ1v) is 6.56. The summed E-state index contributed by atoms with van der Waals surface area (Å²) in [7, 11) is 0. The molecule has 16 heavy (non-hydrogen) atoms. The molecule has 3 heteroatoms. The number of hydrogen-bond acceptors (Lipinski definition) is 1. The molecule has 0 aromatic carbocycles. The molecule has 1 atom stereocenters. The molecule has 0 aromatic heterocycles. The van der Waals surface area contributed by atoms with Crippen molar-refractivity contribution in [2.45, 2.75) is 52.0 Å². The minimum absolute atomic E-state index is 0.0161. The van der Waals surface area contributed by atoms with Gasteiger partial charge in [-0.15, -0.1) is 0 Å². The summed E-state index contributed by atoms with van der Waals surface area (Å²) >= 11 is 0. The fourth-order valence-electron chi connectivity index (χ4n) is 2.64. The van der Waals surface area contributed by atoms with Crippen molar-refractivity contribution in [1.82, 2.24) is 10.2 Å². The number of carbonyl (C=O) groups is 1. The molecular weight excluding hydrogens is 200 g/mol. The average molecular weight is 224 g/mol. The van der Waals surface area contributed by atoms with Crippen LogP contribution in [0.15, 0.2) is 0 Å². The first kappa shape index (κ1) is 11.7. The Morgan fingerprint density at radius 3 is 2.56 bits per heavy atom. The predicted octanol–water partition coefficient (Wildman–Crippen LogP) is 2.62. The monoisotopic (exact) mass is 224 g/mol. The number of urea groups is 1. The quantitative estimate of drug-likeness (QED) is 0.768. The van der Waals surface area contributed by atoms with Crippen molar-refractivity contribution in [1.29, 1.82) is 0 Å². The van der Waals surface area contributed by atoms with Crippen LogP contribution in [0.1, 0.15) is 46.5 Å². The van der Waals surface area contributed by atoms with Gasteiger partial charge in [-0.05, 0) is 51.4 Å². The highest BCUT2D eigenvalue weighted by molar-refractivity contribution is 5.75. The van der Waals surface area contributed by atoms with Gasteiger partial charge in [-0.1, -0.05) is 6.92 Å². The summed E-state index contributed by atoms with van der Waals surface area (Å²) < 4.78 is 0. The maximum absolute atomic E-state index is 12.1. The first-order valence-electron chi connectivity index (χ1n) is 6.56. The zero-order chi connectivity index (χ0) is 11.8. The predicted molar refractivity (Wildman–Crippen MR) is 65.3 cm³/mol. The van der Waals surface area contributed by atoms with Gasteiger partial charge in [0.15, 0.2) is 0 Å². The Hall–Kier alpha value is -0.730. The van der Waals surface area contributed by atoms with Crippen LogP contribution in [0.4, 0.5) is 4.79 Å². The number of rotatable bonds is 2. The van der Waals surface area contributed by atoms with E-state index in [2.05, 4.69) is 26.1 Å². The summed E-state index contributed by atoms with van der Waals surface area (Å²) in [5, 5.41) is 3.20. The van der Waals surface area contributed by atoms with Gasteiger partial charge >= 0.3 is 6.03 Å². The molecule has 2 amide bonds. The van der Waals surface area contributed by atoms with E-state index in [1.165, 1.54) is 19.3 Å². The smallest absolute Gasteiger partial charge is 0.317 e. The van der Waals surface area contributed by atoms with Crippen molar-refractivity contribution in [2.75, 3.05) is 13.1 Å². The van der Waals surface area contributed by atoms with Gasteiger partial charge in [-0.3, -0.25) is 0 Å². The minimum atomic E-state index is -0.0161. The Balaban J connectivity index is 1.86. The number of likely N-dealkylation sites (tertiary alicyclic amines) is 1. The highest BCUT2D eigenvalue weighted by Gasteiger charge is 2.39. The second-order valence-corrected chi connectivity index (χ2v) is 6.12. The second-order valence-electron chi connectivity index (χ2n) is 6.12. The Labute approximate surface area is 98.6 Å². The number of hydrogen-bond donors (Lipinski definition) is 1. The van der Waals surface area contributed by atoms with Crippen LogP contribution in [0.2, 0.25) is 0 Å². The number of piperidine rings is 1. The van der Waals surface area contributed by atoms with E-state index in [0.29, 0.717) is 11.8 Å². The lowest BCUT2D eigenvalue weighted by atomic mass is 9.98. The van der Waals surface area contributed by atoms with Crippen LogP contribution < -0.4 is 5.32 Å². The van der Waals surface area contributed by atoms with Crippen molar-refractivity contribution < 1.29 is 4.79 Å². The molecule has 0 bridgehead atoms. The number of carbonyl (C=O) groups excluding carboxylic acids is 1. The van der Waals surface area contributed by atoms with E-state index in [0.717, 1.165) is 19.5 Å². The summed E-state index contributed by atoms with van der Waals surface area (Å²) in [6.07, 6.45) is 4.95. The van der Waals surface area contributed by atoms with Gasteiger partial charge in [0.1, 0.15) is 0 Å². The van der Waals surface area contributed by atoms with E-state index in [-0.39, 0.29) is 11.6 Å². The number of nitrogens with one attached hydrogen (secondary N) is 1. The zero-order valence-corrected chi connectivity index (χ0v) is 10.8. The summed E-state index contributed by atoms with van der Waals surface area (Å²) in [5.74, 6) is 1.35. The lowest BCUT2D eigenvalue weighted by molar-refractivity contribution is 0.158. The van der Waals surface area contributed by atoms with E-state index < -0.39 is 0 Å². The Morgan fingerprint density at radius 2 is 2.00 bits per heavy atom. The molecule has 0 aromatic rings. The lowest BCUT2D eigenvalue weighted by Gasteiger charge is -2.35. The van der Waals surface area contributed by atoms with Crippen molar-refractivity contribution in [2.24, 2.45) is 11.8 Å². The summed E-state index contributed by atoms with van der Waals surface area (Å²) in [5.41, 5.74) is -0.0161. The van der Waals surface area contributed by atoms with Gasteiger partial charge in [0.05, 0.1) is 0 Å². The molecule has 92 valence electrons. The normalized spacial score (nSPS) is 26.7. The fourth-order valence-corrected chi connectivity index (χ4v) is 2.64. The molecule has 1 aliphatic carbocycles. The van der Waals surface area contributed by atoms with Gasteiger partial charge in [0, 0.05) is 18.6 Å². The number of nitrogens with zero attached hydrogens (tertiary/aromatic N) is 1. The molecule has 0 radical (unpaired) electrons. The molecule has 1 saturated heterocycles. The van der Waals surface area contributed by atoms with Gasteiger partial charge in [-0.2, -0.15) is 0 Å². The maximum atomic E-state index is 12.1. The Morgan fingerprint density at radius 1 is 1.31 bits per heavy atom. The molecule has 3 nitrogen and oxygen atoms in total. The molecule has 2 aliphatic rings. The highest BCUT2D eigenvalue weighted by atomic mass is 16.2. The Kier molecular flexibility index (Phi) is 3.13. The SMILES string of the molecule is CC1CCCN(C(=O)NC(C)(C)C2CC2)C1. The largest absolute Gasteiger partial charge is 0.333 e. The average Bonchev–Trinajstić information content (AvgIpc) is 3.00. The summed E-state index contributed by atoms with van der Waals surface area (Å²) in [6, 6.07) is 0.142. The van der Waals surface area contributed by atoms with Crippen molar-refractivity contribution in [3.05, 3.63) is 0 Å². The molecule has 1 N–H and O–H groups in total. The highest BCUT2D eigenvalue weighted by Crippen LogP contribution is 2.39. The van der Waals surface area contributed by atoms with Crippen LogP contribution in [-0.4, -0.2) is 29.6 Å². The van der Waals surface area contributed by atoms with Crippen LogP contribution >= 0.6 is 0 Å². The van der Waals surface area contributed by atoms with Crippen LogP contribution in [-0.2, 0) is 0 Å². The third kappa shape index (κ3) is 2.69. The van der Waals surface area contributed by atoms with Crippen molar-refractivity contribution in [3.8, 4) is 0 Å². The molecule has 2 rings (SSSR count). The Bertz CT molecular complexity index is 271. The van der Waals surface area contributed by atoms with Crippen LogP contribution in [0.5, 0.6) is 0 Å². The maximum Gasteiger partial charge on any atom is 0.317 e. The molecular formula is C13H24N2O. The van der Waals surface area contributed by atoms with Crippen LogP contribution in [0.3, 0.4) is 0 Å². The van der Waals surface area contributed by atoms with E-state index in [4.69, 9.17) is 0 Å². The molecule has 2 fully saturated rings. The molecule has 1 unspecified atom stereocenters. The minimum Gasteiger partial charge on any atom is -0.333 e. The molecule has 0 spiro atoms. The van der Waals surface area contributed by atoms with E-state index in [1.54, 1.807) is 0 Å². The van der Waals surface area contributed by atoms with Gasteiger partial charge in [-0.25, -0.2) is 4.79 Å². The first-order chi connectivity index (χ1) is 7.49. The lowest BCUT2D eigenvalue weighted by Crippen LogP contribution is -2.53. The third-order valence-corrected chi connectivity index (χ3v) is 3.97. The van der Waals surface area contributed by atoms with Crippen LogP contribution in [0, 0.1) is 11.8 Å². The fraction of sp³-hybridized carbons (Fsp3) is 0.923. The molecule has 1 saturated carbocycles. The van der Waals surface area contributed by atoms with E-state index >= 15 is 0 Å².